The normalized spacial score (nSPS) is 10.2. The van der Waals surface area contributed by atoms with E-state index in [4.69, 9.17) is 5.26 Å². The maximum atomic E-state index is 9.02. The van der Waals surface area contributed by atoms with Crippen molar-refractivity contribution < 1.29 is 0 Å². The molecule has 2 nitrogen and oxygen atoms in total. The molecule has 1 aromatic heterocycles. The van der Waals surface area contributed by atoms with E-state index in [0.29, 0.717) is 0 Å². The van der Waals surface area contributed by atoms with Crippen molar-refractivity contribution >= 4 is 0 Å². The first-order valence-electron chi connectivity index (χ1n) is 5.85. The average molecular weight is 224 g/mol. The summed E-state index contributed by atoms with van der Waals surface area (Å²) in [5.41, 5.74) is 5.31. The van der Waals surface area contributed by atoms with Crippen LogP contribution in [0.25, 0.3) is 5.69 Å². The number of hydrogen-bond donors (Lipinski definition) is 0. The van der Waals surface area contributed by atoms with Crippen LogP contribution in [-0.4, -0.2) is 4.57 Å². The second-order valence-electron chi connectivity index (χ2n) is 4.25. The first-order chi connectivity index (χ1) is 8.17. The molecule has 0 saturated heterocycles. The van der Waals surface area contributed by atoms with Gasteiger partial charge in [0.05, 0.1) is 5.56 Å². The van der Waals surface area contributed by atoms with Gasteiger partial charge in [0.25, 0.3) is 0 Å². The first kappa shape index (κ1) is 11.5. The van der Waals surface area contributed by atoms with Crippen molar-refractivity contribution in [2.24, 2.45) is 0 Å². The molecule has 0 atom stereocenters. The smallest absolute Gasteiger partial charge is 0.101 e. The van der Waals surface area contributed by atoms with E-state index in [9.17, 15) is 0 Å². The number of nitriles is 1. The SMILES string of the molecule is CCc1ccc(-n2c(C)cc(C#N)c2C)cc1. The lowest BCUT2D eigenvalue weighted by Gasteiger charge is -2.09. The Hall–Kier alpha value is -2.01. The highest BCUT2D eigenvalue weighted by Crippen LogP contribution is 2.20. The molecule has 0 amide bonds. The van der Waals surface area contributed by atoms with Crippen LogP contribution >= 0.6 is 0 Å². The standard InChI is InChI=1S/C15H16N2/c1-4-13-5-7-15(8-6-13)17-11(2)9-14(10-16)12(17)3/h5-9H,4H2,1-3H3. The van der Waals surface area contributed by atoms with Crippen molar-refractivity contribution in [1.29, 1.82) is 5.26 Å². The number of nitrogens with zero attached hydrogens (tertiary/aromatic N) is 2. The third-order valence-electron chi connectivity index (χ3n) is 3.15. The maximum Gasteiger partial charge on any atom is 0.101 e. The Labute approximate surface area is 102 Å². The highest BCUT2D eigenvalue weighted by atomic mass is 15.0. The highest BCUT2D eigenvalue weighted by molar-refractivity contribution is 5.46. The van der Waals surface area contributed by atoms with E-state index in [2.05, 4.69) is 41.8 Å². The van der Waals surface area contributed by atoms with Gasteiger partial charge in [-0.2, -0.15) is 5.26 Å². The number of benzene rings is 1. The Morgan fingerprint density at radius 2 is 1.82 bits per heavy atom. The van der Waals surface area contributed by atoms with Crippen LogP contribution in [0.15, 0.2) is 30.3 Å². The first-order valence-corrected chi connectivity index (χ1v) is 5.85. The van der Waals surface area contributed by atoms with Crippen LogP contribution in [-0.2, 0) is 6.42 Å². The van der Waals surface area contributed by atoms with Crippen LogP contribution in [0.3, 0.4) is 0 Å². The largest absolute Gasteiger partial charge is 0.317 e. The number of rotatable bonds is 2. The van der Waals surface area contributed by atoms with Gasteiger partial charge in [0, 0.05) is 17.1 Å². The van der Waals surface area contributed by atoms with Crippen molar-refractivity contribution in [3.63, 3.8) is 0 Å². The zero-order valence-corrected chi connectivity index (χ0v) is 10.5. The third kappa shape index (κ3) is 1.97. The molecule has 0 aliphatic carbocycles. The van der Waals surface area contributed by atoms with Crippen LogP contribution in [0.1, 0.15) is 29.4 Å². The summed E-state index contributed by atoms with van der Waals surface area (Å²) in [5, 5.41) is 9.02. The van der Waals surface area contributed by atoms with Gasteiger partial charge in [-0.15, -0.1) is 0 Å². The fourth-order valence-electron chi connectivity index (χ4n) is 2.15. The Morgan fingerprint density at radius 3 is 2.29 bits per heavy atom. The highest BCUT2D eigenvalue weighted by Gasteiger charge is 2.09. The molecule has 0 saturated carbocycles. The minimum absolute atomic E-state index is 0.752. The molecule has 2 heteroatoms. The van der Waals surface area contributed by atoms with Crippen molar-refractivity contribution in [3.8, 4) is 11.8 Å². The zero-order chi connectivity index (χ0) is 12.4. The molecule has 0 aliphatic heterocycles. The molecule has 2 aromatic rings. The fraction of sp³-hybridized carbons (Fsp3) is 0.267. The number of hydrogen-bond acceptors (Lipinski definition) is 1. The monoisotopic (exact) mass is 224 g/mol. The fourth-order valence-corrected chi connectivity index (χ4v) is 2.15. The summed E-state index contributed by atoms with van der Waals surface area (Å²) in [6, 6.07) is 12.7. The van der Waals surface area contributed by atoms with E-state index in [1.165, 1.54) is 5.56 Å². The topological polar surface area (TPSA) is 28.7 Å². The lowest BCUT2D eigenvalue weighted by atomic mass is 10.1. The van der Waals surface area contributed by atoms with Crippen molar-refractivity contribution in [2.75, 3.05) is 0 Å². The Balaban J connectivity index is 2.53. The van der Waals surface area contributed by atoms with Gasteiger partial charge in [-0.05, 0) is 44.0 Å². The minimum atomic E-state index is 0.752. The minimum Gasteiger partial charge on any atom is -0.317 e. The molecule has 0 aliphatic rings. The molecule has 0 unspecified atom stereocenters. The van der Waals surface area contributed by atoms with Crippen LogP contribution in [0.5, 0.6) is 0 Å². The number of aromatic nitrogens is 1. The maximum absolute atomic E-state index is 9.02. The lowest BCUT2D eigenvalue weighted by Crippen LogP contribution is -1.99. The summed E-state index contributed by atoms with van der Waals surface area (Å²) in [6.07, 6.45) is 1.05. The van der Waals surface area contributed by atoms with E-state index in [0.717, 1.165) is 29.1 Å². The Morgan fingerprint density at radius 1 is 1.18 bits per heavy atom. The van der Waals surface area contributed by atoms with Gasteiger partial charge >= 0.3 is 0 Å². The molecule has 86 valence electrons. The van der Waals surface area contributed by atoms with Crippen molar-refractivity contribution in [2.45, 2.75) is 27.2 Å². The molecular weight excluding hydrogens is 208 g/mol. The van der Waals surface area contributed by atoms with Crippen molar-refractivity contribution in [3.05, 3.63) is 52.8 Å². The van der Waals surface area contributed by atoms with Crippen LogP contribution < -0.4 is 0 Å². The molecule has 17 heavy (non-hydrogen) atoms. The van der Waals surface area contributed by atoms with Crippen LogP contribution in [0.4, 0.5) is 0 Å². The van der Waals surface area contributed by atoms with Crippen LogP contribution in [0, 0.1) is 25.2 Å². The summed E-state index contributed by atoms with van der Waals surface area (Å²) >= 11 is 0. The van der Waals surface area contributed by atoms with Gasteiger partial charge in [0.2, 0.25) is 0 Å². The van der Waals surface area contributed by atoms with Gasteiger partial charge in [-0.25, -0.2) is 0 Å². The lowest BCUT2D eigenvalue weighted by molar-refractivity contribution is 0.960. The second-order valence-corrected chi connectivity index (χ2v) is 4.25. The molecular formula is C15H16N2. The van der Waals surface area contributed by atoms with Gasteiger partial charge in [0.15, 0.2) is 0 Å². The van der Waals surface area contributed by atoms with E-state index in [1.807, 2.05) is 19.9 Å². The van der Waals surface area contributed by atoms with E-state index >= 15 is 0 Å². The van der Waals surface area contributed by atoms with Gasteiger partial charge in [0.1, 0.15) is 6.07 Å². The summed E-state index contributed by atoms with van der Waals surface area (Å²) in [6.45, 7) is 6.16. The molecule has 1 aromatic carbocycles. The van der Waals surface area contributed by atoms with Gasteiger partial charge in [-0.1, -0.05) is 19.1 Å². The van der Waals surface area contributed by atoms with Gasteiger partial charge < -0.3 is 4.57 Å². The quantitative estimate of drug-likeness (QED) is 0.767. The number of aryl methyl sites for hydroxylation is 2. The molecule has 1 heterocycles. The average Bonchev–Trinajstić information content (AvgIpc) is 2.64. The molecule has 0 bridgehead atoms. The van der Waals surface area contributed by atoms with E-state index in [-0.39, 0.29) is 0 Å². The summed E-state index contributed by atoms with van der Waals surface area (Å²) in [5.74, 6) is 0. The van der Waals surface area contributed by atoms with E-state index < -0.39 is 0 Å². The molecule has 2 rings (SSSR count). The molecule has 0 radical (unpaired) electrons. The predicted molar refractivity (Wildman–Crippen MR) is 69.3 cm³/mol. The zero-order valence-electron chi connectivity index (χ0n) is 10.5. The summed E-state index contributed by atoms with van der Waals surface area (Å²) in [4.78, 5) is 0. The van der Waals surface area contributed by atoms with Crippen LogP contribution in [0.2, 0.25) is 0 Å². The van der Waals surface area contributed by atoms with Gasteiger partial charge in [-0.3, -0.25) is 0 Å². The van der Waals surface area contributed by atoms with E-state index in [1.54, 1.807) is 0 Å². The molecule has 0 N–H and O–H groups in total. The Kier molecular flexibility index (Phi) is 3.01. The molecule has 0 fully saturated rings. The third-order valence-corrected chi connectivity index (χ3v) is 3.15. The summed E-state index contributed by atoms with van der Waals surface area (Å²) < 4.78 is 2.12. The second kappa shape index (κ2) is 4.47. The predicted octanol–water partition coefficient (Wildman–Crippen LogP) is 3.53. The summed E-state index contributed by atoms with van der Waals surface area (Å²) in [7, 11) is 0. The molecule has 0 spiro atoms. The Bertz CT molecular complexity index is 568. The van der Waals surface area contributed by atoms with Crippen molar-refractivity contribution in [1.82, 2.24) is 4.57 Å².